The van der Waals surface area contributed by atoms with Gasteiger partial charge in [-0.3, -0.25) is 0 Å². The Kier molecular flexibility index (Phi) is 3.66. The zero-order chi connectivity index (χ0) is 13.4. The topological polar surface area (TPSA) is 0 Å². The lowest BCUT2D eigenvalue weighted by Gasteiger charge is -2.13. The Morgan fingerprint density at radius 2 is 1.74 bits per heavy atom. The van der Waals surface area contributed by atoms with Gasteiger partial charge < -0.3 is 0 Å². The second-order valence-corrected chi connectivity index (χ2v) is 7.18. The first-order chi connectivity index (χ1) is 9.16. The quantitative estimate of drug-likeness (QED) is 0.472. The van der Waals surface area contributed by atoms with Gasteiger partial charge >= 0.3 is 0 Å². The third-order valence-electron chi connectivity index (χ3n) is 3.29. The molecule has 0 N–H and O–H groups in total. The van der Waals surface area contributed by atoms with Crippen LogP contribution in [-0.4, -0.2) is 0 Å². The molecule has 0 radical (unpaired) electrons. The Labute approximate surface area is 130 Å². The predicted octanol–water partition coefficient (Wildman–Crippen LogP) is 6.35. The molecule has 3 rings (SSSR count). The summed E-state index contributed by atoms with van der Waals surface area (Å²) in [6.45, 7) is 2.15. The molecule has 3 heteroatoms. The maximum Gasteiger partial charge on any atom is 0.0931 e. The molecule has 0 amide bonds. The van der Waals surface area contributed by atoms with Gasteiger partial charge in [-0.05, 0) is 41.0 Å². The van der Waals surface area contributed by atoms with E-state index in [1.807, 2.05) is 6.07 Å². The Morgan fingerprint density at radius 3 is 2.42 bits per heavy atom. The van der Waals surface area contributed by atoms with Crippen molar-refractivity contribution >= 4 is 49.6 Å². The van der Waals surface area contributed by atoms with E-state index in [-0.39, 0.29) is 4.83 Å². The third-order valence-corrected chi connectivity index (χ3v) is 5.88. The van der Waals surface area contributed by atoms with E-state index in [0.717, 1.165) is 4.34 Å². The zero-order valence-corrected chi connectivity index (χ0v) is 13.5. The van der Waals surface area contributed by atoms with Crippen LogP contribution in [0.5, 0.6) is 0 Å². The van der Waals surface area contributed by atoms with Crippen molar-refractivity contribution in [2.75, 3.05) is 0 Å². The molecule has 0 aliphatic carbocycles. The fraction of sp³-hybridized carbons (Fsp3) is 0.125. The van der Waals surface area contributed by atoms with Crippen LogP contribution in [-0.2, 0) is 0 Å². The average Bonchev–Trinajstić information content (AvgIpc) is 2.86. The number of aryl methyl sites for hydroxylation is 1. The maximum absolute atomic E-state index is 6.03. The number of alkyl halides is 1. The molecule has 0 spiro atoms. The molecule has 0 saturated carbocycles. The van der Waals surface area contributed by atoms with E-state index in [1.165, 1.54) is 26.8 Å². The first-order valence-electron chi connectivity index (χ1n) is 6.04. The summed E-state index contributed by atoms with van der Waals surface area (Å²) in [5.74, 6) is 0. The van der Waals surface area contributed by atoms with Gasteiger partial charge in [-0.1, -0.05) is 63.9 Å². The van der Waals surface area contributed by atoms with Crippen LogP contribution in [0, 0.1) is 6.92 Å². The smallest absolute Gasteiger partial charge is 0.0931 e. The number of fused-ring (bicyclic) bond motifs is 1. The van der Waals surface area contributed by atoms with Gasteiger partial charge in [0.15, 0.2) is 0 Å². The lowest BCUT2D eigenvalue weighted by molar-refractivity contribution is 1.24. The van der Waals surface area contributed by atoms with E-state index < -0.39 is 0 Å². The van der Waals surface area contributed by atoms with E-state index in [9.17, 15) is 0 Å². The molecular formula is C16H12BrClS. The van der Waals surface area contributed by atoms with Gasteiger partial charge in [0.2, 0.25) is 0 Å². The summed E-state index contributed by atoms with van der Waals surface area (Å²) in [5.41, 5.74) is 2.60. The van der Waals surface area contributed by atoms with Crippen LogP contribution in [0.4, 0.5) is 0 Å². The van der Waals surface area contributed by atoms with Crippen LogP contribution in [0.2, 0.25) is 4.34 Å². The molecule has 2 aromatic carbocycles. The van der Waals surface area contributed by atoms with Gasteiger partial charge in [-0.15, -0.1) is 11.3 Å². The highest BCUT2D eigenvalue weighted by atomic mass is 79.9. The van der Waals surface area contributed by atoms with Crippen molar-refractivity contribution in [2.45, 2.75) is 11.8 Å². The Balaban J connectivity index is 2.18. The van der Waals surface area contributed by atoms with E-state index in [1.54, 1.807) is 11.3 Å². The summed E-state index contributed by atoms with van der Waals surface area (Å²) in [7, 11) is 0. The molecular weight excluding hydrogens is 340 g/mol. The van der Waals surface area contributed by atoms with Crippen molar-refractivity contribution in [2.24, 2.45) is 0 Å². The highest BCUT2D eigenvalue weighted by Gasteiger charge is 2.15. The Bertz CT molecular complexity index is 732. The highest BCUT2D eigenvalue weighted by molar-refractivity contribution is 9.09. The summed E-state index contributed by atoms with van der Waals surface area (Å²) in [6, 6.07) is 17.0. The molecule has 0 nitrogen and oxygen atoms in total. The molecule has 1 unspecified atom stereocenters. The maximum atomic E-state index is 6.03. The SMILES string of the molecule is Cc1ccc(C(Br)c2ccc(Cl)s2)c2ccccc12. The highest BCUT2D eigenvalue weighted by Crippen LogP contribution is 2.40. The summed E-state index contributed by atoms with van der Waals surface area (Å²) in [5, 5.41) is 2.61. The summed E-state index contributed by atoms with van der Waals surface area (Å²) >= 11 is 11.5. The summed E-state index contributed by atoms with van der Waals surface area (Å²) in [6.07, 6.45) is 0. The minimum absolute atomic E-state index is 0.190. The number of hydrogen-bond acceptors (Lipinski definition) is 1. The second-order valence-electron chi connectivity index (χ2n) is 4.52. The fourth-order valence-electron chi connectivity index (χ4n) is 2.31. The number of rotatable bonds is 2. The lowest BCUT2D eigenvalue weighted by Crippen LogP contribution is -1.92. The number of thiophene rings is 1. The Hall–Kier alpha value is -0.830. The molecule has 0 aliphatic rings. The number of halogens is 2. The van der Waals surface area contributed by atoms with Crippen molar-refractivity contribution in [3.63, 3.8) is 0 Å². The van der Waals surface area contributed by atoms with Crippen LogP contribution in [0.1, 0.15) is 20.8 Å². The zero-order valence-electron chi connectivity index (χ0n) is 10.4. The van der Waals surface area contributed by atoms with Gasteiger partial charge in [-0.25, -0.2) is 0 Å². The van der Waals surface area contributed by atoms with Gasteiger partial charge in [0.1, 0.15) is 0 Å². The van der Waals surface area contributed by atoms with Crippen LogP contribution < -0.4 is 0 Å². The molecule has 19 heavy (non-hydrogen) atoms. The van der Waals surface area contributed by atoms with E-state index in [0.29, 0.717) is 0 Å². The summed E-state index contributed by atoms with van der Waals surface area (Å²) in [4.78, 5) is 1.43. The molecule has 0 bridgehead atoms. The molecule has 1 atom stereocenters. The van der Waals surface area contributed by atoms with Crippen LogP contribution in [0.15, 0.2) is 48.5 Å². The third kappa shape index (κ3) is 2.45. The first-order valence-corrected chi connectivity index (χ1v) is 8.15. The minimum atomic E-state index is 0.190. The molecule has 1 heterocycles. The molecule has 96 valence electrons. The van der Waals surface area contributed by atoms with Gasteiger partial charge in [0, 0.05) is 4.88 Å². The predicted molar refractivity (Wildman–Crippen MR) is 88.8 cm³/mol. The van der Waals surface area contributed by atoms with Gasteiger partial charge in [-0.2, -0.15) is 0 Å². The Morgan fingerprint density at radius 1 is 1.00 bits per heavy atom. The largest absolute Gasteiger partial charge is 0.127 e. The standard InChI is InChI=1S/C16H12BrClS/c1-10-6-7-13(12-5-3-2-4-11(10)12)16(17)14-8-9-15(18)19-14/h2-9,16H,1H3. The van der Waals surface area contributed by atoms with Gasteiger partial charge in [0.05, 0.1) is 9.16 Å². The van der Waals surface area contributed by atoms with E-state index in [4.69, 9.17) is 11.6 Å². The molecule has 1 aromatic heterocycles. The van der Waals surface area contributed by atoms with Gasteiger partial charge in [0.25, 0.3) is 0 Å². The molecule has 3 aromatic rings. The number of hydrogen-bond donors (Lipinski definition) is 0. The minimum Gasteiger partial charge on any atom is -0.127 e. The van der Waals surface area contributed by atoms with Crippen molar-refractivity contribution in [3.05, 3.63) is 68.9 Å². The molecule has 0 saturated heterocycles. The van der Waals surface area contributed by atoms with Crippen LogP contribution in [0.3, 0.4) is 0 Å². The summed E-state index contributed by atoms with van der Waals surface area (Å²) < 4.78 is 0.830. The van der Waals surface area contributed by atoms with Crippen molar-refractivity contribution < 1.29 is 0 Å². The van der Waals surface area contributed by atoms with Crippen LogP contribution in [0.25, 0.3) is 10.8 Å². The monoisotopic (exact) mass is 350 g/mol. The lowest BCUT2D eigenvalue weighted by atomic mass is 9.98. The first kappa shape index (κ1) is 13.2. The van der Waals surface area contributed by atoms with E-state index >= 15 is 0 Å². The molecule has 0 aliphatic heterocycles. The van der Waals surface area contributed by atoms with Crippen molar-refractivity contribution in [1.82, 2.24) is 0 Å². The molecule has 0 fully saturated rings. The second kappa shape index (κ2) is 5.28. The average molecular weight is 352 g/mol. The van der Waals surface area contributed by atoms with Crippen molar-refractivity contribution in [1.29, 1.82) is 0 Å². The normalized spacial score (nSPS) is 12.8. The number of benzene rings is 2. The van der Waals surface area contributed by atoms with Crippen LogP contribution >= 0.6 is 38.9 Å². The van der Waals surface area contributed by atoms with Crippen molar-refractivity contribution in [3.8, 4) is 0 Å². The fourth-order valence-corrected chi connectivity index (χ4v) is 4.20. The van der Waals surface area contributed by atoms with E-state index in [2.05, 4.69) is 65.3 Å².